The number of carbonyl (C=O) groups excluding carboxylic acids is 1. The molecule has 0 amide bonds. The first-order valence-electron chi connectivity index (χ1n) is 31.0. The van der Waals surface area contributed by atoms with Gasteiger partial charge in [-0.2, -0.15) is 0 Å². The van der Waals surface area contributed by atoms with E-state index >= 15 is 0 Å². The minimum atomic E-state index is -1.72. The van der Waals surface area contributed by atoms with Crippen molar-refractivity contribution in [3.63, 3.8) is 0 Å². The Labute approximate surface area is 472 Å². The number of aliphatic hydroxyl groups excluding tert-OH is 7. The fourth-order valence-electron chi connectivity index (χ4n) is 9.53. The van der Waals surface area contributed by atoms with Gasteiger partial charge in [-0.15, -0.1) is 0 Å². The maximum absolute atomic E-state index is 13.1. The van der Waals surface area contributed by atoms with Crippen LogP contribution in [-0.4, -0.2) is 142 Å². The molecular weight excluding hydrogens is 993 g/mol. The predicted octanol–water partition coefficient (Wildman–Crippen LogP) is 11.8. The molecule has 11 unspecified atom stereocenters. The van der Waals surface area contributed by atoms with Crippen LogP contribution >= 0.6 is 0 Å². The highest BCUT2D eigenvalue weighted by Gasteiger charge is 2.47. The summed E-state index contributed by atoms with van der Waals surface area (Å²) in [7, 11) is 0. The summed E-state index contributed by atoms with van der Waals surface area (Å²) in [6, 6.07) is 0. The largest absolute Gasteiger partial charge is 0.457 e. The molecule has 2 aliphatic rings. The Morgan fingerprint density at radius 1 is 0.436 bits per heavy atom. The normalized spacial score (nSPS) is 24.6. The number of esters is 1. The van der Waals surface area contributed by atoms with Crippen molar-refractivity contribution >= 4 is 5.97 Å². The van der Waals surface area contributed by atoms with E-state index in [2.05, 4.69) is 86.8 Å². The molecule has 0 aromatic carbocycles. The van der Waals surface area contributed by atoms with Gasteiger partial charge in [0, 0.05) is 13.0 Å². The molecule has 0 aromatic rings. The Kier molecular flexibility index (Phi) is 46.0. The molecule has 0 radical (unpaired) electrons. The Hall–Kier alpha value is -2.57. The van der Waals surface area contributed by atoms with Crippen LogP contribution in [0.25, 0.3) is 0 Å². The summed E-state index contributed by atoms with van der Waals surface area (Å²) in [4.78, 5) is 13.1. The highest BCUT2D eigenvalue weighted by atomic mass is 16.7. The van der Waals surface area contributed by atoms with Crippen molar-refractivity contribution < 1.29 is 69.0 Å². The molecule has 2 aliphatic heterocycles. The summed E-state index contributed by atoms with van der Waals surface area (Å²) in [6.45, 7) is 3.52. The highest BCUT2D eigenvalue weighted by molar-refractivity contribution is 5.69. The third-order valence-corrected chi connectivity index (χ3v) is 14.5. The van der Waals surface area contributed by atoms with Crippen molar-refractivity contribution in [2.75, 3.05) is 33.0 Å². The molecule has 0 bridgehead atoms. The number of carbonyl (C=O) groups is 1. The first kappa shape index (κ1) is 71.5. The van der Waals surface area contributed by atoms with Gasteiger partial charge in [-0.25, -0.2) is 0 Å². The first-order chi connectivity index (χ1) is 38.1. The summed E-state index contributed by atoms with van der Waals surface area (Å²) >= 11 is 0. The molecule has 2 heterocycles. The summed E-state index contributed by atoms with van der Waals surface area (Å²) in [6.07, 6.45) is 48.2. The number of unbranched alkanes of at least 4 members (excludes halogenated alkanes) is 24. The molecule has 14 heteroatoms. The second-order valence-electron chi connectivity index (χ2n) is 21.5. The van der Waals surface area contributed by atoms with Crippen molar-refractivity contribution in [2.24, 2.45) is 0 Å². The number of ether oxygens (including phenoxy) is 6. The maximum atomic E-state index is 13.1. The Morgan fingerprint density at radius 3 is 1.29 bits per heavy atom. The van der Waals surface area contributed by atoms with Gasteiger partial charge in [0.2, 0.25) is 0 Å². The zero-order chi connectivity index (χ0) is 56.5. The molecule has 0 spiro atoms. The van der Waals surface area contributed by atoms with Crippen LogP contribution in [0.15, 0.2) is 72.9 Å². The summed E-state index contributed by atoms with van der Waals surface area (Å²) < 4.78 is 34.4. The second kappa shape index (κ2) is 50.2. The Balaban J connectivity index is 1.71. The molecule has 2 fully saturated rings. The van der Waals surface area contributed by atoms with Gasteiger partial charge in [-0.1, -0.05) is 228 Å². The lowest BCUT2D eigenvalue weighted by atomic mass is 9.98. The van der Waals surface area contributed by atoms with Crippen molar-refractivity contribution in [1.29, 1.82) is 0 Å². The van der Waals surface area contributed by atoms with E-state index in [1.165, 1.54) is 116 Å². The molecular formula is C64H112O14. The molecule has 7 N–H and O–H groups in total. The SMILES string of the molecule is CC/C=C\C/C=C\C/C=C\C/C=C\C/C=C\C/C=C\CCCCCOCC(COC1OC(COC2OC(CO)C(O)C(O)C2O)C(O)C(O)C1O)OC(=O)CCCCCCCCCCCCCCCCCCCCCCCC. The number of rotatable bonds is 50. The lowest BCUT2D eigenvalue weighted by Crippen LogP contribution is -2.61. The van der Waals surface area contributed by atoms with Crippen molar-refractivity contribution in [3.05, 3.63) is 72.9 Å². The molecule has 14 nitrogen and oxygen atoms in total. The zero-order valence-corrected chi connectivity index (χ0v) is 48.6. The van der Waals surface area contributed by atoms with Crippen molar-refractivity contribution in [2.45, 2.75) is 293 Å². The van der Waals surface area contributed by atoms with Crippen LogP contribution in [0.1, 0.15) is 226 Å². The van der Waals surface area contributed by atoms with Gasteiger partial charge >= 0.3 is 5.97 Å². The van der Waals surface area contributed by atoms with Gasteiger partial charge < -0.3 is 64.2 Å². The Bertz CT molecular complexity index is 1560. The Morgan fingerprint density at radius 2 is 0.833 bits per heavy atom. The van der Waals surface area contributed by atoms with Gasteiger partial charge in [0.05, 0.1) is 26.4 Å². The zero-order valence-electron chi connectivity index (χ0n) is 48.6. The van der Waals surface area contributed by atoms with E-state index in [0.717, 1.165) is 83.5 Å². The van der Waals surface area contributed by atoms with E-state index in [4.69, 9.17) is 28.4 Å². The quantitative estimate of drug-likeness (QED) is 0.0172. The molecule has 0 aliphatic carbocycles. The average molecular weight is 1110 g/mol. The number of hydrogen-bond acceptors (Lipinski definition) is 14. The van der Waals surface area contributed by atoms with Gasteiger partial charge in [-0.3, -0.25) is 4.79 Å². The lowest BCUT2D eigenvalue weighted by Gasteiger charge is -2.42. The van der Waals surface area contributed by atoms with Crippen molar-refractivity contribution in [3.8, 4) is 0 Å². The van der Waals surface area contributed by atoms with Crippen LogP contribution in [0.2, 0.25) is 0 Å². The van der Waals surface area contributed by atoms with Crippen LogP contribution < -0.4 is 0 Å². The van der Waals surface area contributed by atoms with E-state index in [0.29, 0.717) is 13.0 Å². The van der Waals surface area contributed by atoms with Gasteiger partial charge in [0.25, 0.3) is 0 Å². The summed E-state index contributed by atoms with van der Waals surface area (Å²) in [5, 5.41) is 72.4. The van der Waals surface area contributed by atoms with Crippen LogP contribution in [-0.2, 0) is 33.2 Å². The number of hydrogen-bond donors (Lipinski definition) is 7. The third-order valence-electron chi connectivity index (χ3n) is 14.5. The van der Waals surface area contributed by atoms with Crippen LogP contribution in [0.5, 0.6) is 0 Å². The van der Waals surface area contributed by atoms with Crippen molar-refractivity contribution in [1.82, 2.24) is 0 Å². The van der Waals surface area contributed by atoms with E-state index in [-0.39, 0.29) is 25.6 Å². The topological polar surface area (TPSA) is 214 Å². The second-order valence-corrected chi connectivity index (χ2v) is 21.5. The predicted molar refractivity (Wildman–Crippen MR) is 312 cm³/mol. The van der Waals surface area contributed by atoms with E-state index in [1.807, 2.05) is 0 Å². The van der Waals surface area contributed by atoms with Gasteiger partial charge in [0.15, 0.2) is 12.6 Å². The lowest BCUT2D eigenvalue weighted by molar-refractivity contribution is -0.332. The molecule has 0 saturated carbocycles. The van der Waals surface area contributed by atoms with Crippen LogP contribution in [0.3, 0.4) is 0 Å². The molecule has 2 saturated heterocycles. The third kappa shape index (κ3) is 36.0. The fraction of sp³-hybridized carbons (Fsp3) is 0.797. The fourth-order valence-corrected chi connectivity index (χ4v) is 9.53. The summed E-state index contributed by atoms with van der Waals surface area (Å²) in [5.74, 6) is -0.386. The van der Waals surface area contributed by atoms with Crippen LogP contribution in [0, 0.1) is 0 Å². The van der Waals surface area contributed by atoms with E-state index in [1.54, 1.807) is 0 Å². The van der Waals surface area contributed by atoms with Gasteiger partial charge in [-0.05, 0) is 64.2 Å². The molecule has 0 aromatic heterocycles. The molecule has 11 atom stereocenters. The number of allylic oxidation sites excluding steroid dienone is 12. The molecule has 2 rings (SSSR count). The minimum absolute atomic E-state index is 0.0376. The van der Waals surface area contributed by atoms with Gasteiger partial charge in [0.1, 0.15) is 54.9 Å². The molecule has 78 heavy (non-hydrogen) atoms. The summed E-state index contributed by atoms with van der Waals surface area (Å²) in [5.41, 5.74) is 0. The smallest absolute Gasteiger partial charge is 0.306 e. The minimum Gasteiger partial charge on any atom is -0.457 e. The average Bonchev–Trinajstić information content (AvgIpc) is 3.45. The highest BCUT2D eigenvalue weighted by Crippen LogP contribution is 2.27. The molecule has 452 valence electrons. The first-order valence-corrected chi connectivity index (χ1v) is 31.0. The van der Waals surface area contributed by atoms with Crippen LogP contribution in [0.4, 0.5) is 0 Å². The van der Waals surface area contributed by atoms with E-state index in [9.17, 15) is 40.5 Å². The maximum Gasteiger partial charge on any atom is 0.306 e. The monoisotopic (exact) mass is 1100 g/mol. The standard InChI is InChI=1S/C64H112O14/c1-3-5-7-9-11-13-15-17-19-21-23-25-27-29-31-33-35-37-39-41-43-45-47-56(66)76-53(50-73-48-46-44-42-40-38-36-34-32-30-28-26-24-22-20-18-16-14-12-10-8-6-4-2)51-74-63-62(72)60(70)58(68)55(78-63)52-75-64-61(71)59(69)57(67)54(49-65)77-64/h6,8,12,14,18,20,24,26,30,32,36,38,53-55,57-65,67-72H,3-5,7,9-11,13,15-17,19,21-23,25,27-29,31,33-35,37,39-52H2,1-2H3/b8-6-,14-12-,20-18-,26-24-,32-30-,38-36-. The number of aliphatic hydroxyl groups is 7. The van der Waals surface area contributed by atoms with E-state index < -0.39 is 80.7 Å².